The van der Waals surface area contributed by atoms with Crippen LogP contribution in [0.3, 0.4) is 0 Å². The fourth-order valence-electron chi connectivity index (χ4n) is 0.803. The summed E-state index contributed by atoms with van der Waals surface area (Å²) in [6, 6.07) is 0. The van der Waals surface area contributed by atoms with Crippen LogP contribution in [0.1, 0.15) is 26.2 Å². The van der Waals surface area contributed by atoms with Crippen molar-refractivity contribution in [3.8, 4) is 0 Å². The molecule has 0 aliphatic rings. The van der Waals surface area contributed by atoms with Crippen molar-refractivity contribution in [2.75, 3.05) is 0 Å². The molecule has 0 radical (unpaired) electrons. The minimum absolute atomic E-state index is 0.769. The molecule has 0 atom stereocenters. The van der Waals surface area contributed by atoms with Crippen molar-refractivity contribution in [1.82, 2.24) is 0 Å². The van der Waals surface area contributed by atoms with Crippen LogP contribution in [0.25, 0.3) is 0 Å². The minimum atomic E-state index is -0.769. The monoisotopic (exact) mass is 216 g/mol. The van der Waals surface area contributed by atoms with Crippen molar-refractivity contribution in [3.63, 3.8) is 0 Å². The molecule has 0 bridgehead atoms. The SMILES string of the molecule is CCCC[CH2][In]([CH3])[CH3]. The van der Waals surface area contributed by atoms with Crippen LogP contribution in [0.4, 0.5) is 0 Å². The third kappa shape index (κ3) is 6.87. The molecule has 0 rings (SSSR count). The molecule has 0 aromatic rings. The van der Waals surface area contributed by atoms with Crippen LogP contribution in [0.2, 0.25) is 13.5 Å². The Morgan fingerprint density at radius 3 is 2.12 bits per heavy atom. The Balaban J connectivity index is 2.72. The first-order valence-corrected chi connectivity index (χ1v) is 12.7. The van der Waals surface area contributed by atoms with Gasteiger partial charge >= 0.3 is 61.2 Å². The molecule has 0 N–H and O–H groups in total. The average Bonchev–Trinajstić information content (AvgIpc) is 1.66. The molecule has 0 aromatic carbocycles. The molecule has 0 nitrogen and oxygen atoms in total. The van der Waals surface area contributed by atoms with Gasteiger partial charge in [-0.15, -0.1) is 0 Å². The van der Waals surface area contributed by atoms with Gasteiger partial charge in [0.25, 0.3) is 0 Å². The van der Waals surface area contributed by atoms with Crippen molar-refractivity contribution in [2.45, 2.75) is 39.7 Å². The number of rotatable bonds is 4. The van der Waals surface area contributed by atoms with E-state index in [1.807, 2.05) is 0 Å². The summed E-state index contributed by atoms with van der Waals surface area (Å²) in [7, 11) is 0. The van der Waals surface area contributed by atoms with Crippen molar-refractivity contribution in [2.24, 2.45) is 0 Å². The number of hydrogen-bond acceptors (Lipinski definition) is 0. The van der Waals surface area contributed by atoms with Crippen molar-refractivity contribution < 1.29 is 0 Å². The van der Waals surface area contributed by atoms with Gasteiger partial charge in [-0.25, -0.2) is 0 Å². The van der Waals surface area contributed by atoms with E-state index >= 15 is 0 Å². The van der Waals surface area contributed by atoms with Crippen LogP contribution in [0, 0.1) is 0 Å². The van der Waals surface area contributed by atoms with Gasteiger partial charge in [0.05, 0.1) is 0 Å². The molecule has 0 unspecified atom stereocenters. The van der Waals surface area contributed by atoms with Gasteiger partial charge in [-0.1, -0.05) is 0 Å². The zero-order valence-corrected chi connectivity index (χ0v) is 9.70. The van der Waals surface area contributed by atoms with Crippen molar-refractivity contribution in [3.05, 3.63) is 0 Å². The second-order valence-electron chi connectivity index (χ2n) is 2.89. The van der Waals surface area contributed by atoms with Crippen LogP contribution in [-0.2, 0) is 0 Å². The fraction of sp³-hybridized carbons (Fsp3) is 1.00. The fourth-order valence-corrected chi connectivity index (χ4v) is 3.96. The first-order chi connectivity index (χ1) is 3.77. The van der Waals surface area contributed by atoms with Gasteiger partial charge in [0.15, 0.2) is 0 Å². The first-order valence-electron chi connectivity index (χ1n) is 3.77. The standard InChI is InChI=1S/C5H11.2CH3.In/c1-3-5-4-2;;;/h1,3-5H2,2H3;2*1H3;. The van der Waals surface area contributed by atoms with Gasteiger partial charge in [0.2, 0.25) is 0 Å². The summed E-state index contributed by atoms with van der Waals surface area (Å²) in [4.78, 5) is 0. The molecule has 8 heavy (non-hydrogen) atoms. The third-order valence-electron chi connectivity index (χ3n) is 1.39. The molecular weight excluding hydrogens is 199 g/mol. The molecule has 0 heterocycles. The van der Waals surface area contributed by atoms with Gasteiger partial charge in [-0.3, -0.25) is 0 Å². The van der Waals surface area contributed by atoms with Gasteiger partial charge in [-0.2, -0.15) is 0 Å². The first kappa shape index (κ1) is 8.87. The molecule has 0 aromatic heterocycles. The van der Waals surface area contributed by atoms with Gasteiger partial charge in [0.1, 0.15) is 0 Å². The molecule has 0 saturated heterocycles. The molecule has 0 spiro atoms. The Hall–Kier alpha value is 0.870. The van der Waals surface area contributed by atoms with Gasteiger partial charge in [-0.05, 0) is 0 Å². The Morgan fingerprint density at radius 2 is 1.75 bits per heavy atom. The van der Waals surface area contributed by atoms with E-state index in [-0.39, 0.29) is 0 Å². The van der Waals surface area contributed by atoms with E-state index in [9.17, 15) is 0 Å². The van der Waals surface area contributed by atoms with E-state index in [0.29, 0.717) is 0 Å². The topological polar surface area (TPSA) is 0 Å². The summed E-state index contributed by atoms with van der Waals surface area (Å²) < 4.78 is 6.62. The Kier molecular flexibility index (Phi) is 6.65. The quantitative estimate of drug-likeness (QED) is 0.633. The van der Waals surface area contributed by atoms with Gasteiger partial charge < -0.3 is 0 Å². The molecule has 48 valence electrons. The van der Waals surface area contributed by atoms with Crippen molar-refractivity contribution in [1.29, 1.82) is 0 Å². The number of unbranched alkanes of at least 4 members (excludes halogenated alkanes) is 2. The second-order valence-corrected chi connectivity index (χ2v) is 12.5. The summed E-state index contributed by atoms with van der Waals surface area (Å²) in [6.45, 7) is 2.27. The Bertz CT molecular complexity index is 41.7. The van der Waals surface area contributed by atoms with E-state index in [2.05, 4.69) is 16.3 Å². The molecule has 0 amide bonds. The zero-order chi connectivity index (χ0) is 6.41. The van der Waals surface area contributed by atoms with E-state index in [1.54, 1.807) is 4.18 Å². The normalized spacial score (nSPS) is 9.38. The van der Waals surface area contributed by atoms with Crippen LogP contribution in [-0.4, -0.2) is 21.4 Å². The van der Waals surface area contributed by atoms with Crippen LogP contribution >= 0.6 is 0 Å². The Labute approximate surface area is 61.2 Å². The van der Waals surface area contributed by atoms with Gasteiger partial charge in [0, 0.05) is 0 Å². The second kappa shape index (κ2) is 6.00. The maximum atomic E-state index is 2.50. The maximum absolute atomic E-state index is 2.50. The van der Waals surface area contributed by atoms with Crippen LogP contribution in [0.15, 0.2) is 0 Å². The summed E-state index contributed by atoms with van der Waals surface area (Å²) in [5.41, 5.74) is 0. The summed E-state index contributed by atoms with van der Waals surface area (Å²) >= 11 is -0.769. The molecule has 0 fully saturated rings. The third-order valence-corrected chi connectivity index (χ3v) is 5.85. The van der Waals surface area contributed by atoms with E-state index < -0.39 is 21.4 Å². The van der Waals surface area contributed by atoms with E-state index in [0.717, 1.165) is 0 Å². The van der Waals surface area contributed by atoms with Crippen molar-refractivity contribution >= 4 is 21.4 Å². The molecule has 0 saturated carbocycles. The summed E-state index contributed by atoms with van der Waals surface area (Å²) in [6.07, 6.45) is 4.37. The van der Waals surface area contributed by atoms with Crippen LogP contribution < -0.4 is 0 Å². The van der Waals surface area contributed by atoms with E-state index in [1.165, 1.54) is 19.3 Å². The predicted molar refractivity (Wildman–Crippen MR) is 41.8 cm³/mol. The predicted octanol–water partition coefficient (Wildman–Crippen LogP) is 2.93. The van der Waals surface area contributed by atoms with Crippen LogP contribution in [0.5, 0.6) is 0 Å². The average molecular weight is 216 g/mol. The Morgan fingerprint density at radius 1 is 1.12 bits per heavy atom. The molecule has 1 heteroatoms. The molecule has 0 aliphatic carbocycles. The molecular formula is C7H17In. The number of hydrogen-bond donors (Lipinski definition) is 0. The summed E-state index contributed by atoms with van der Waals surface area (Å²) in [5.74, 6) is 0. The zero-order valence-electron chi connectivity index (χ0n) is 6.41. The molecule has 0 aliphatic heterocycles. The van der Waals surface area contributed by atoms with E-state index in [4.69, 9.17) is 0 Å². The summed E-state index contributed by atoms with van der Waals surface area (Å²) in [5, 5.41) is 0.